The number of anilines is 1. The summed E-state index contributed by atoms with van der Waals surface area (Å²) < 4.78 is 18.3. The second-order valence-electron chi connectivity index (χ2n) is 5.71. The van der Waals surface area contributed by atoms with E-state index in [1.54, 1.807) is 6.20 Å². The van der Waals surface area contributed by atoms with Gasteiger partial charge in [0.1, 0.15) is 0 Å². The first kappa shape index (κ1) is 15.6. The normalized spacial score (nSPS) is 21.3. The zero-order valence-corrected chi connectivity index (χ0v) is 12.8. The highest BCUT2D eigenvalue weighted by atomic mass is 19.1. The number of aliphatic hydroxyl groups excluding tert-OH is 1. The molecule has 1 saturated carbocycles. The van der Waals surface area contributed by atoms with Crippen molar-refractivity contribution in [1.29, 1.82) is 0 Å². The molecule has 0 bridgehead atoms. The number of halogens is 1. The molecule has 0 spiro atoms. The minimum absolute atomic E-state index is 0.0171. The summed E-state index contributed by atoms with van der Waals surface area (Å²) in [4.78, 5) is 12.3. The third kappa shape index (κ3) is 3.73. The summed E-state index contributed by atoms with van der Waals surface area (Å²) in [6.45, 7) is 0. The van der Waals surface area contributed by atoms with E-state index in [1.165, 1.54) is 7.11 Å². The Labute approximate surface area is 133 Å². The van der Waals surface area contributed by atoms with Crippen LogP contribution in [0, 0.1) is 11.7 Å². The summed E-state index contributed by atoms with van der Waals surface area (Å²) in [6, 6.07) is 5.78. The SMILES string of the molecule is COc1nc(N[C@H](Cc2ccccn2)C2CC(O)C2)ncc1F. The van der Waals surface area contributed by atoms with E-state index in [0.29, 0.717) is 18.3 Å². The number of nitrogens with one attached hydrogen (secondary N) is 1. The summed E-state index contributed by atoms with van der Waals surface area (Å²) in [5.74, 6) is -0.0802. The Morgan fingerprint density at radius 2 is 2.22 bits per heavy atom. The molecule has 0 aromatic carbocycles. The van der Waals surface area contributed by atoms with Gasteiger partial charge in [-0.15, -0.1) is 0 Å². The van der Waals surface area contributed by atoms with Crippen LogP contribution in [0.5, 0.6) is 5.88 Å². The number of rotatable bonds is 6. The number of ether oxygens (including phenoxy) is 1. The second-order valence-corrected chi connectivity index (χ2v) is 5.71. The zero-order chi connectivity index (χ0) is 16.2. The van der Waals surface area contributed by atoms with Crippen molar-refractivity contribution in [1.82, 2.24) is 15.0 Å². The van der Waals surface area contributed by atoms with Crippen LogP contribution in [0.1, 0.15) is 18.5 Å². The van der Waals surface area contributed by atoms with Crippen molar-refractivity contribution in [3.63, 3.8) is 0 Å². The first-order valence-corrected chi connectivity index (χ1v) is 7.56. The standard InChI is InChI=1S/C16H19FN4O2/c1-23-15-13(17)9-19-16(21-15)20-14(10-6-12(22)7-10)8-11-4-2-3-5-18-11/h2-5,9-10,12,14,22H,6-8H2,1H3,(H,19,20,21)/t10?,12?,14-/m1/s1. The van der Waals surface area contributed by atoms with Crippen LogP contribution in [-0.4, -0.2) is 39.3 Å². The van der Waals surface area contributed by atoms with Crippen LogP contribution in [-0.2, 0) is 6.42 Å². The quantitative estimate of drug-likeness (QED) is 0.845. The number of nitrogens with zero attached hydrogens (tertiary/aromatic N) is 3. The molecule has 0 saturated heterocycles. The Morgan fingerprint density at radius 3 is 2.87 bits per heavy atom. The van der Waals surface area contributed by atoms with Gasteiger partial charge < -0.3 is 15.2 Å². The first-order chi connectivity index (χ1) is 11.2. The minimum atomic E-state index is -0.599. The van der Waals surface area contributed by atoms with Crippen LogP contribution in [0.4, 0.5) is 10.3 Å². The Bertz CT molecular complexity index is 650. The van der Waals surface area contributed by atoms with Crippen molar-refractivity contribution in [3.05, 3.63) is 42.1 Å². The lowest BCUT2D eigenvalue weighted by Gasteiger charge is -2.38. The third-order valence-electron chi connectivity index (χ3n) is 4.09. The average molecular weight is 318 g/mol. The molecule has 0 unspecified atom stereocenters. The van der Waals surface area contributed by atoms with Gasteiger partial charge in [-0.3, -0.25) is 4.98 Å². The van der Waals surface area contributed by atoms with E-state index in [1.807, 2.05) is 18.2 Å². The molecular formula is C16H19FN4O2. The Hall–Kier alpha value is -2.28. The fourth-order valence-corrected chi connectivity index (χ4v) is 2.77. The van der Waals surface area contributed by atoms with Crippen LogP contribution < -0.4 is 10.1 Å². The molecule has 2 aromatic rings. The van der Waals surface area contributed by atoms with Crippen molar-refractivity contribution < 1.29 is 14.2 Å². The predicted molar refractivity (Wildman–Crippen MR) is 82.6 cm³/mol. The molecule has 0 aliphatic heterocycles. The van der Waals surface area contributed by atoms with Gasteiger partial charge in [0.05, 0.1) is 19.4 Å². The van der Waals surface area contributed by atoms with Crippen molar-refractivity contribution in [2.75, 3.05) is 12.4 Å². The lowest BCUT2D eigenvalue weighted by Crippen LogP contribution is -2.42. The zero-order valence-electron chi connectivity index (χ0n) is 12.8. The molecule has 7 heteroatoms. The average Bonchev–Trinajstić information content (AvgIpc) is 2.54. The lowest BCUT2D eigenvalue weighted by molar-refractivity contribution is 0.0340. The summed E-state index contributed by atoms with van der Waals surface area (Å²) in [7, 11) is 1.36. The van der Waals surface area contributed by atoms with Crippen LogP contribution in [0.2, 0.25) is 0 Å². The fraction of sp³-hybridized carbons (Fsp3) is 0.438. The molecule has 3 rings (SSSR count). The van der Waals surface area contributed by atoms with Gasteiger partial charge in [-0.05, 0) is 30.9 Å². The summed E-state index contributed by atoms with van der Waals surface area (Å²) in [6.07, 6.45) is 4.71. The highest BCUT2D eigenvalue weighted by Crippen LogP contribution is 2.33. The lowest BCUT2D eigenvalue weighted by atomic mass is 9.76. The number of methoxy groups -OCH3 is 1. The van der Waals surface area contributed by atoms with Crippen LogP contribution in [0.15, 0.2) is 30.6 Å². The molecule has 0 amide bonds. The molecular weight excluding hydrogens is 299 g/mol. The van der Waals surface area contributed by atoms with E-state index in [0.717, 1.165) is 24.7 Å². The largest absolute Gasteiger partial charge is 0.479 e. The molecule has 122 valence electrons. The number of aromatic nitrogens is 3. The molecule has 2 N–H and O–H groups in total. The Kier molecular flexibility index (Phi) is 4.66. The number of hydrogen-bond acceptors (Lipinski definition) is 6. The number of hydrogen-bond donors (Lipinski definition) is 2. The maximum absolute atomic E-state index is 13.4. The van der Waals surface area contributed by atoms with Gasteiger partial charge in [0, 0.05) is 24.4 Å². The molecule has 0 radical (unpaired) electrons. The van der Waals surface area contributed by atoms with Crippen LogP contribution >= 0.6 is 0 Å². The molecule has 23 heavy (non-hydrogen) atoms. The smallest absolute Gasteiger partial charge is 0.255 e. The molecule has 1 aliphatic carbocycles. The van der Waals surface area contributed by atoms with Crippen molar-refractivity contribution in [2.24, 2.45) is 5.92 Å². The fourth-order valence-electron chi connectivity index (χ4n) is 2.77. The Balaban J connectivity index is 1.75. The van der Waals surface area contributed by atoms with E-state index in [-0.39, 0.29) is 18.0 Å². The monoisotopic (exact) mass is 318 g/mol. The van der Waals surface area contributed by atoms with E-state index >= 15 is 0 Å². The van der Waals surface area contributed by atoms with Gasteiger partial charge in [-0.25, -0.2) is 4.98 Å². The van der Waals surface area contributed by atoms with E-state index in [2.05, 4.69) is 20.3 Å². The van der Waals surface area contributed by atoms with Gasteiger partial charge in [0.15, 0.2) is 0 Å². The summed E-state index contributed by atoms with van der Waals surface area (Å²) in [5, 5.41) is 12.8. The van der Waals surface area contributed by atoms with Crippen LogP contribution in [0.25, 0.3) is 0 Å². The van der Waals surface area contributed by atoms with Gasteiger partial charge in [-0.1, -0.05) is 6.07 Å². The van der Waals surface area contributed by atoms with Gasteiger partial charge >= 0.3 is 0 Å². The minimum Gasteiger partial charge on any atom is -0.479 e. The number of aliphatic hydroxyl groups is 1. The Morgan fingerprint density at radius 1 is 1.39 bits per heavy atom. The predicted octanol–water partition coefficient (Wildman–Crippen LogP) is 1.81. The second kappa shape index (κ2) is 6.87. The molecule has 2 aromatic heterocycles. The highest BCUT2D eigenvalue weighted by Gasteiger charge is 2.34. The third-order valence-corrected chi connectivity index (χ3v) is 4.09. The van der Waals surface area contributed by atoms with E-state index < -0.39 is 5.82 Å². The maximum Gasteiger partial charge on any atom is 0.255 e. The van der Waals surface area contributed by atoms with Crippen molar-refractivity contribution in [2.45, 2.75) is 31.4 Å². The highest BCUT2D eigenvalue weighted by molar-refractivity contribution is 5.31. The van der Waals surface area contributed by atoms with E-state index in [4.69, 9.17) is 4.74 Å². The van der Waals surface area contributed by atoms with Gasteiger partial charge in [0.2, 0.25) is 11.8 Å². The molecule has 1 aliphatic rings. The summed E-state index contributed by atoms with van der Waals surface area (Å²) in [5.41, 5.74) is 0.945. The van der Waals surface area contributed by atoms with Crippen LogP contribution in [0.3, 0.4) is 0 Å². The van der Waals surface area contributed by atoms with Crippen molar-refractivity contribution >= 4 is 5.95 Å². The van der Waals surface area contributed by atoms with Crippen molar-refractivity contribution in [3.8, 4) is 5.88 Å². The maximum atomic E-state index is 13.4. The topological polar surface area (TPSA) is 80.2 Å². The summed E-state index contributed by atoms with van der Waals surface area (Å²) >= 11 is 0. The first-order valence-electron chi connectivity index (χ1n) is 7.56. The molecule has 1 atom stereocenters. The molecule has 1 fully saturated rings. The molecule has 2 heterocycles. The number of pyridine rings is 1. The van der Waals surface area contributed by atoms with Gasteiger partial charge in [0.25, 0.3) is 5.88 Å². The van der Waals surface area contributed by atoms with E-state index in [9.17, 15) is 9.50 Å². The molecule has 6 nitrogen and oxygen atoms in total. The van der Waals surface area contributed by atoms with Gasteiger partial charge in [-0.2, -0.15) is 9.37 Å².